The lowest BCUT2D eigenvalue weighted by Gasteiger charge is -2.30. The van der Waals surface area contributed by atoms with Crippen LogP contribution in [0.25, 0.3) is 38.2 Å². The van der Waals surface area contributed by atoms with Gasteiger partial charge in [-0.25, -0.2) is 0 Å². The Morgan fingerprint density at radius 2 is 1.33 bits per heavy atom. The minimum atomic E-state index is -0.0158. The van der Waals surface area contributed by atoms with E-state index in [9.17, 15) is 0 Å². The molecule has 1 unspecified atom stereocenters. The molecule has 0 aromatic heterocycles. The van der Waals surface area contributed by atoms with E-state index < -0.39 is 0 Å². The molecule has 1 nitrogen and oxygen atoms in total. The lowest BCUT2D eigenvalue weighted by molar-refractivity contribution is 0.660. The van der Waals surface area contributed by atoms with Crippen molar-refractivity contribution in [2.45, 2.75) is 44.4 Å². The van der Waals surface area contributed by atoms with Crippen LogP contribution in [-0.2, 0) is 5.41 Å². The van der Waals surface area contributed by atoms with E-state index in [1.54, 1.807) is 0 Å². The Kier molecular flexibility index (Phi) is 6.83. The Bertz CT molecular complexity index is 2340. The van der Waals surface area contributed by atoms with Crippen molar-refractivity contribution in [3.05, 3.63) is 186 Å². The summed E-state index contributed by atoms with van der Waals surface area (Å²) in [6, 6.07) is 45.3. The fourth-order valence-electron chi connectivity index (χ4n) is 8.32. The van der Waals surface area contributed by atoms with Gasteiger partial charge in [0.25, 0.3) is 0 Å². The monoisotopic (exact) mass is 617 g/mol. The molecule has 0 radical (unpaired) electrons. The van der Waals surface area contributed by atoms with Crippen molar-refractivity contribution in [3.63, 3.8) is 0 Å². The molecule has 0 saturated heterocycles. The Morgan fingerprint density at radius 1 is 0.604 bits per heavy atom. The zero-order valence-electron chi connectivity index (χ0n) is 27.7. The van der Waals surface area contributed by atoms with Crippen molar-refractivity contribution >= 4 is 38.5 Å². The molecule has 0 fully saturated rings. The van der Waals surface area contributed by atoms with Crippen LogP contribution in [0.4, 0.5) is 11.4 Å². The Hall–Kier alpha value is -5.40. The van der Waals surface area contributed by atoms with Crippen LogP contribution >= 0.6 is 0 Å². The predicted molar refractivity (Wildman–Crippen MR) is 205 cm³/mol. The van der Waals surface area contributed by atoms with E-state index in [0.717, 1.165) is 19.3 Å². The van der Waals surface area contributed by atoms with Crippen LogP contribution in [0.5, 0.6) is 0 Å². The van der Waals surface area contributed by atoms with Gasteiger partial charge in [0.1, 0.15) is 0 Å². The molecular formula is C47H39N. The second-order valence-electron chi connectivity index (χ2n) is 14.0. The average molecular weight is 618 g/mol. The van der Waals surface area contributed by atoms with E-state index >= 15 is 0 Å². The summed E-state index contributed by atoms with van der Waals surface area (Å²) in [6.07, 6.45) is 17.3. The van der Waals surface area contributed by atoms with E-state index in [1.165, 1.54) is 77.6 Å². The lowest BCUT2D eigenvalue weighted by Crippen LogP contribution is -2.18. The minimum Gasteiger partial charge on any atom is -0.311 e. The Balaban J connectivity index is 1.13. The molecule has 3 aliphatic carbocycles. The number of rotatable bonds is 5. The van der Waals surface area contributed by atoms with Crippen molar-refractivity contribution in [2.75, 3.05) is 4.90 Å². The quantitative estimate of drug-likeness (QED) is 0.174. The summed E-state index contributed by atoms with van der Waals surface area (Å²) in [7, 11) is 0. The molecule has 48 heavy (non-hydrogen) atoms. The second kappa shape index (κ2) is 11.4. The van der Waals surface area contributed by atoms with Gasteiger partial charge in [0.05, 0.1) is 0 Å². The highest BCUT2D eigenvalue weighted by Crippen LogP contribution is 2.50. The van der Waals surface area contributed by atoms with Crippen molar-refractivity contribution in [1.29, 1.82) is 0 Å². The van der Waals surface area contributed by atoms with Crippen LogP contribution in [0.1, 0.15) is 61.3 Å². The molecule has 3 aliphatic rings. The van der Waals surface area contributed by atoms with Crippen LogP contribution in [0, 0.1) is 0 Å². The van der Waals surface area contributed by atoms with Crippen LogP contribution in [0.3, 0.4) is 0 Å². The summed E-state index contributed by atoms with van der Waals surface area (Å²) in [4.78, 5) is 2.45. The number of hydrogen-bond donors (Lipinski definition) is 0. The van der Waals surface area contributed by atoms with Gasteiger partial charge >= 0.3 is 0 Å². The van der Waals surface area contributed by atoms with E-state index in [0.29, 0.717) is 5.92 Å². The number of fused-ring (bicyclic) bond motifs is 6. The molecule has 0 amide bonds. The molecule has 6 aromatic rings. The van der Waals surface area contributed by atoms with Crippen molar-refractivity contribution in [2.24, 2.45) is 0 Å². The smallest absolute Gasteiger partial charge is 0.0467 e. The third-order valence-electron chi connectivity index (χ3n) is 10.8. The highest BCUT2D eigenvalue weighted by molar-refractivity contribution is 6.09. The van der Waals surface area contributed by atoms with E-state index in [4.69, 9.17) is 0 Å². The van der Waals surface area contributed by atoms with Crippen LogP contribution in [0.2, 0.25) is 0 Å². The number of anilines is 2. The molecule has 232 valence electrons. The Morgan fingerprint density at radius 3 is 2.12 bits per heavy atom. The third-order valence-corrected chi connectivity index (χ3v) is 10.8. The fraction of sp³-hybridized carbons (Fsp3) is 0.149. The van der Waals surface area contributed by atoms with Gasteiger partial charge in [0.15, 0.2) is 0 Å². The zero-order chi connectivity index (χ0) is 32.2. The standard InChI is InChI=1S/C47H39N/c1-47(2)45-19-11-10-18-42(45)44-31-38(28-29-46(44)47)48(36-24-20-33(21-25-36)32-12-4-3-5-13-32)37-26-22-34(23-27-37)43-30-35-14-6-7-15-39(35)40-16-8-9-17-41(40)43/h4,6-22,24-31,34H,3,5,23H2,1-2H3. The van der Waals surface area contributed by atoms with Gasteiger partial charge in [-0.1, -0.05) is 135 Å². The van der Waals surface area contributed by atoms with Crippen molar-refractivity contribution in [3.8, 4) is 11.1 Å². The summed E-state index contributed by atoms with van der Waals surface area (Å²) >= 11 is 0. The maximum absolute atomic E-state index is 2.45. The summed E-state index contributed by atoms with van der Waals surface area (Å²) in [5.74, 6) is 0.310. The molecule has 0 N–H and O–H groups in total. The number of allylic oxidation sites excluding steroid dienone is 7. The molecule has 0 saturated carbocycles. The maximum Gasteiger partial charge on any atom is 0.0467 e. The van der Waals surface area contributed by atoms with E-state index in [-0.39, 0.29) is 5.41 Å². The summed E-state index contributed by atoms with van der Waals surface area (Å²) in [6.45, 7) is 4.70. The lowest BCUT2D eigenvalue weighted by atomic mass is 9.82. The Labute approximate surface area is 283 Å². The van der Waals surface area contributed by atoms with Gasteiger partial charge in [0, 0.05) is 28.4 Å². The van der Waals surface area contributed by atoms with Crippen LogP contribution < -0.4 is 4.90 Å². The molecule has 0 heterocycles. The second-order valence-corrected chi connectivity index (χ2v) is 14.0. The molecular weight excluding hydrogens is 579 g/mol. The topological polar surface area (TPSA) is 3.24 Å². The fourth-order valence-corrected chi connectivity index (χ4v) is 8.32. The molecule has 1 atom stereocenters. The van der Waals surface area contributed by atoms with Gasteiger partial charge in [-0.3, -0.25) is 0 Å². The third kappa shape index (κ3) is 4.68. The van der Waals surface area contributed by atoms with Gasteiger partial charge in [0.2, 0.25) is 0 Å². The van der Waals surface area contributed by atoms with Gasteiger partial charge in [-0.05, 0) is 116 Å². The molecule has 9 rings (SSSR count). The highest BCUT2D eigenvalue weighted by Gasteiger charge is 2.35. The summed E-state index contributed by atoms with van der Waals surface area (Å²) in [5, 5.41) is 5.31. The summed E-state index contributed by atoms with van der Waals surface area (Å²) < 4.78 is 0. The minimum absolute atomic E-state index is 0.0158. The first kappa shape index (κ1) is 28.8. The van der Waals surface area contributed by atoms with E-state index in [2.05, 4.69) is 177 Å². The normalized spacial score (nSPS) is 17.6. The van der Waals surface area contributed by atoms with Gasteiger partial charge in [-0.2, -0.15) is 0 Å². The van der Waals surface area contributed by atoms with Crippen molar-refractivity contribution in [1.82, 2.24) is 0 Å². The largest absolute Gasteiger partial charge is 0.311 e. The highest BCUT2D eigenvalue weighted by atomic mass is 15.1. The summed E-state index contributed by atoms with van der Waals surface area (Å²) in [5.41, 5.74) is 13.1. The number of nitrogens with zero attached hydrogens (tertiary/aromatic N) is 1. The van der Waals surface area contributed by atoms with Crippen LogP contribution in [0.15, 0.2) is 163 Å². The molecule has 0 bridgehead atoms. The number of benzene rings is 6. The SMILES string of the molecule is CC1(C)c2ccccc2-c2cc(N(C3=CCC(c4cc5ccccc5c5ccccc45)C=C3)c3ccc(C4=CCCC=C4)cc3)ccc21. The van der Waals surface area contributed by atoms with E-state index in [1.807, 2.05) is 0 Å². The molecule has 1 heteroatoms. The van der Waals surface area contributed by atoms with Crippen molar-refractivity contribution < 1.29 is 0 Å². The molecule has 0 aliphatic heterocycles. The molecule has 0 spiro atoms. The van der Waals surface area contributed by atoms with Crippen LogP contribution in [-0.4, -0.2) is 0 Å². The number of hydrogen-bond acceptors (Lipinski definition) is 1. The van der Waals surface area contributed by atoms with Gasteiger partial charge < -0.3 is 4.90 Å². The average Bonchev–Trinajstić information content (AvgIpc) is 3.38. The molecule has 6 aromatic carbocycles. The zero-order valence-corrected chi connectivity index (χ0v) is 27.7. The predicted octanol–water partition coefficient (Wildman–Crippen LogP) is 12.8. The first-order valence-electron chi connectivity index (χ1n) is 17.4. The first-order chi connectivity index (χ1) is 23.6. The maximum atomic E-state index is 2.45. The van der Waals surface area contributed by atoms with Gasteiger partial charge in [-0.15, -0.1) is 0 Å². The first-order valence-corrected chi connectivity index (χ1v) is 17.4.